The van der Waals surface area contributed by atoms with Crippen molar-refractivity contribution in [3.63, 3.8) is 0 Å². The molecule has 1 aromatic heterocycles. The van der Waals surface area contributed by atoms with Gasteiger partial charge >= 0.3 is 0 Å². The zero-order valence-corrected chi connectivity index (χ0v) is 20.2. The second kappa shape index (κ2) is 8.45. The first-order valence-electron chi connectivity index (χ1n) is 12.1. The molecule has 5 nitrogen and oxygen atoms in total. The van der Waals surface area contributed by atoms with Crippen molar-refractivity contribution in [1.29, 1.82) is 0 Å². The summed E-state index contributed by atoms with van der Waals surface area (Å²) in [5.74, 6) is 0.0897. The SMILES string of the molecule is Cc1cc(C(=O)N2CCN(C3c4ccccc4CCc4ccccc43)CC2)n(C(C)(C)C)n1. The molecule has 2 aliphatic rings. The van der Waals surface area contributed by atoms with E-state index < -0.39 is 0 Å². The first-order chi connectivity index (χ1) is 15.8. The smallest absolute Gasteiger partial charge is 0.272 e. The number of aryl methyl sites for hydroxylation is 3. The summed E-state index contributed by atoms with van der Waals surface area (Å²) in [6, 6.07) is 20.0. The molecular weight excluding hydrogens is 408 g/mol. The Morgan fingerprint density at radius 1 is 0.879 bits per heavy atom. The standard InChI is InChI=1S/C28H34N4O/c1-20-19-25(32(29-20)28(2,3)4)27(33)31-17-15-30(16-18-31)26-23-11-7-5-9-21(23)13-14-22-10-6-8-12-24(22)26/h5-12,19,26H,13-18H2,1-4H3. The van der Waals surface area contributed by atoms with Gasteiger partial charge in [0.25, 0.3) is 5.91 Å². The maximum absolute atomic E-state index is 13.5. The average molecular weight is 443 g/mol. The van der Waals surface area contributed by atoms with Crippen LogP contribution in [0.15, 0.2) is 54.6 Å². The molecule has 1 amide bonds. The van der Waals surface area contributed by atoms with E-state index in [-0.39, 0.29) is 17.5 Å². The first-order valence-corrected chi connectivity index (χ1v) is 12.1. The highest BCUT2D eigenvalue weighted by Crippen LogP contribution is 2.37. The fourth-order valence-electron chi connectivity index (χ4n) is 5.40. The van der Waals surface area contributed by atoms with Crippen molar-refractivity contribution < 1.29 is 4.79 Å². The lowest BCUT2D eigenvalue weighted by Crippen LogP contribution is -2.50. The van der Waals surface area contributed by atoms with Gasteiger partial charge < -0.3 is 4.90 Å². The summed E-state index contributed by atoms with van der Waals surface area (Å²) in [6.45, 7) is 11.4. The second-order valence-electron chi connectivity index (χ2n) is 10.4. The van der Waals surface area contributed by atoms with Crippen LogP contribution in [0.1, 0.15) is 65.2 Å². The van der Waals surface area contributed by atoms with Crippen LogP contribution in [0.3, 0.4) is 0 Å². The van der Waals surface area contributed by atoms with E-state index in [4.69, 9.17) is 0 Å². The van der Waals surface area contributed by atoms with E-state index in [1.165, 1.54) is 22.3 Å². The Balaban J connectivity index is 1.40. The maximum atomic E-state index is 13.5. The topological polar surface area (TPSA) is 41.4 Å². The van der Waals surface area contributed by atoms with Crippen molar-refractivity contribution >= 4 is 5.91 Å². The van der Waals surface area contributed by atoms with Crippen LogP contribution in [0.25, 0.3) is 0 Å². The third-order valence-electron chi connectivity index (χ3n) is 7.02. The minimum atomic E-state index is -0.227. The Morgan fingerprint density at radius 3 is 1.97 bits per heavy atom. The summed E-state index contributed by atoms with van der Waals surface area (Å²) < 4.78 is 1.88. The molecule has 0 bridgehead atoms. The van der Waals surface area contributed by atoms with Crippen molar-refractivity contribution in [3.05, 3.63) is 88.2 Å². The van der Waals surface area contributed by atoms with Crippen LogP contribution in [0.5, 0.6) is 0 Å². The van der Waals surface area contributed by atoms with Gasteiger partial charge in [0.15, 0.2) is 0 Å². The molecule has 172 valence electrons. The van der Waals surface area contributed by atoms with Gasteiger partial charge in [-0.25, -0.2) is 0 Å². The van der Waals surface area contributed by atoms with Crippen LogP contribution >= 0.6 is 0 Å². The van der Waals surface area contributed by atoms with E-state index in [1.807, 2.05) is 22.6 Å². The molecular formula is C28H34N4O. The zero-order chi connectivity index (χ0) is 23.2. The number of benzene rings is 2. The Hall–Kier alpha value is -2.92. The summed E-state index contributed by atoms with van der Waals surface area (Å²) in [7, 11) is 0. The highest BCUT2D eigenvalue weighted by Gasteiger charge is 2.33. The first kappa shape index (κ1) is 21.9. The fraction of sp³-hybridized carbons (Fsp3) is 0.429. The predicted octanol–water partition coefficient (Wildman–Crippen LogP) is 4.59. The molecule has 0 N–H and O–H groups in total. The van der Waals surface area contributed by atoms with Crippen LogP contribution in [0.2, 0.25) is 0 Å². The van der Waals surface area contributed by atoms with Gasteiger partial charge in [0.2, 0.25) is 0 Å². The van der Waals surface area contributed by atoms with Gasteiger partial charge in [0.1, 0.15) is 5.69 Å². The molecule has 0 saturated carbocycles. The maximum Gasteiger partial charge on any atom is 0.272 e. The van der Waals surface area contributed by atoms with Gasteiger partial charge in [0, 0.05) is 26.2 Å². The summed E-state index contributed by atoms with van der Waals surface area (Å²) in [5.41, 5.74) is 7.09. The molecule has 1 saturated heterocycles. The Kier molecular flexibility index (Phi) is 5.61. The number of aromatic nitrogens is 2. The van der Waals surface area contributed by atoms with Crippen LogP contribution < -0.4 is 0 Å². The van der Waals surface area contributed by atoms with E-state index in [2.05, 4.69) is 79.3 Å². The van der Waals surface area contributed by atoms with Crippen molar-refractivity contribution in [2.45, 2.75) is 52.1 Å². The van der Waals surface area contributed by atoms with Crippen molar-refractivity contribution in [3.8, 4) is 0 Å². The third-order valence-corrected chi connectivity index (χ3v) is 7.02. The molecule has 5 rings (SSSR count). The number of nitrogens with zero attached hydrogens (tertiary/aromatic N) is 4. The monoisotopic (exact) mass is 442 g/mol. The van der Waals surface area contributed by atoms with Crippen molar-refractivity contribution in [1.82, 2.24) is 19.6 Å². The molecule has 1 aliphatic heterocycles. The molecule has 5 heteroatoms. The molecule has 0 unspecified atom stereocenters. The van der Waals surface area contributed by atoms with E-state index in [1.54, 1.807) is 0 Å². The van der Waals surface area contributed by atoms with Crippen LogP contribution in [-0.2, 0) is 18.4 Å². The van der Waals surface area contributed by atoms with Gasteiger partial charge in [0.05, 0.1) is 17.3 Å². The van der Waals surface area contributed by atoms with Gasteiger partial charge in [-0.15, -0.1) is 0 Å². The lowest BCUT2D eigenvalue weighted by atomic mass is 9.92. The number of rotatable bonds is 2. The molecule has 0 radical (unpaired) electrons. The van der Waals surface area contributed by atoms with E-state index in [0.29, 0.717) is 5.69 Å². The van der Waals surface area contributed by atoms with Crippen LogP contribution in [0, 0.1) is 6.92 Å². The second-order valence-corrected chi connectivity index (χ2v) is 10.4. The number of carbonyl (C=O) groups is 1. The van der Waals surface area contributed by atoms with E-state index in [0.717, 1.165) is 44.7 Å². The highest BCUT2D eigenvalue weighted by molar-refractivity contribution is 5.93. The summed E-state index contributed by atoms with van der Waals surface area (Å²) in [5, 5.41) is 4.61. The average Bonchev–Trinajstić information content (AvgIpc) is 3.13. The highest BCUT2D eigenvalue weighted by atomic mass is 16.2. The van der Waals surface area contributed by atoms with Crippen LogP contribution in [-0.4, -0.2) is 51.7 Å². The number of fused-ring (bicyclic) bond motifs is 2. The predicted molar refractivity (Wildman–Crippen MR) is 132 cm³/mol. The van der Waals surface area contributed by atoms with Crippen molar-refractivity contribution in [2.24, 2.45) is 0 Å². The fourth-order valence-corrected chi connectivity index (χ4v) is 5.40. The van der Waals surface area contributed by atoms with Crippen molar-refractivity contribution in [2.75, 3.05) is 26.2 Å². The number of piperazine rings is 1. The normalized spacial score (nSPS) is 17.4. The number of hydrogen-bond acceptors (Lipinski definition) is 3. The number of amides is 1. The van der Waals surface area contributed by atoms with Crippen LogP contribution in [0.4, 0.5) is 0 Å². The molecule has 0 atom stereocenters. The molecule has 0 spiro atoms. The quantitative estimate of drug-likeness (QED) is 0.583. The number of hydrogen-bond donors (Lipinski definition) is 0. The van der Waals surface area contributed by atoms with Gasteiger partial charge in [-0.2, -0.15) is 5.10 Å². The Labute approximate surface area is 197 Å². The van der Waals surface area contributed by atoms with Gasteiger partial charge in [-0.3, -0.25) is 14.4 Å². The molecule has 2 heterocycles. The van der Waals surface area contributed by atoms with E-state index in [9.17, 15) is 4.79 Å². The van der Waals surface area contributed by atoms with Gasteiger partial charge in [-0.05, 0) is 68.9 Å². The largest absolute Gasteiger partial charge is 0.335 e. The lowest BCUT2D eigenvalue weighted by Gasteiger charge is -2.40. The summed E-state index contributed by atoms with van der Waals surface area (Å²) in [4.78, 5) is 18.0. The third kappa shape index (κ3) is 4.10. The minimum absolute atomic E-state index is 0.0897. The summed E-state index contributed by atoms with van der Waals surface area (Å²) in [6.07, 6.45) is 2.16. The molecule has 3 aromatic rings. The van der Waals surface area contributed by atoms with Gasteiger partial charge in [-0.1, -0.05) is 48.5 Å². The zero-order valence-electron chi connectivity index (χ0n) is 20.2. The Morgan fingerprint density at radius 2 is 1.42 bits per heavy atom. The van der Waals surface area contributed by atoms with E-state index >= 15 is 0 Å². The molecule has 1 aliphatic carbocycles. The molecule has 33 heavy (non-hydrogen) atoms. The number of carbonyl (C=O) groups excluding carboxylic acids is 1. The lowest BCUT2D eigenvalue weighted by molar-refractivity contribution is 0.0578. The Bertz CT molecular complexity index is 1120. The molecule has 1 fully saturated rings. The molecule has 2 aromatic carbocycles. The minimum Gasteiger partial charge on any atom is -0.335 e. The summed E-state index contributed by atoms with van der Waals surface area (Å²) >= 11 is 0.